The number of amides is 1. The SMILES string of the molecule is O=C1CCCN1Cc1ccccc1CNCc1ccc(CSC(F)F)o1. The largest absolute Gasteiger partial charge is 0.464 e. The lowest BCUT2D eigenvalue weighted by molar-refractivity contribution is -0.128. The van der Waals surface area contributed by atoms with Crippen LogP contribution in [0.1, 0.15) is 35.5 Å². The van der Waals surface area contributed by atoms with E-state index < -0.39 is 5.76 Å². The van der Waals surface area contributed by atoms with Crippen LogP contribution < -0.4 is 5.32 Å². The van der Waals surface area contributed by atoms with Crippen LogP contribution in [0.3, 0.4) is 0 Å². The first-order valence-electron chi connectivity index (χ1n) is 8.64. The topological polar surface area (TPSA) is 45.5 Å². The van der Waals surface area contributed by atoms with Gasteiger partial charge < -0.3 is 14.6 Å². The summed E-state index contributed by atoms with van der Waals surface area (Å²) in [5.41, 5.74) is 2.29. The summed E-state index contributed by atoms with van der Waals surface area (Å²) in [5, 5.41) is 3.32. The van der Waals surface area contributed by atoms with E-state index in [4.69, 9.17) is 4.42 Å². The lowest BCUT2D eigenvalue weighted by Gasteiger charge is -2.18. The molecule has 0 atom stereocenters. The van der Waals surface area contributed by atoms with Gasteiger partial charge in [0.15, 0.2) is 0 Å². The van der Waals surface area contributed by atoms with Crippen molar-refractivity contribution in [3.8, 4) is 0 Å². The molecule has 0 spiro atoms. The van der Waals surface area contributed by atoms with Gasteiger partial charge in [0.2, 0.25) is 5.91 Å². The van der Waals surface area contributed by atoms with E-state index in [0.717, 1.165) is 29.9 Å². The van der Waals surface area contributed by atoms with Gasteiger partial charge in [0.25, 0.3) is 5.76 Å². The standard InChI is InChI=1S/C19H22F2N2O2S/c20-19(21)26-13-17-8-7-16(25-17)11-22-10-14-4-1-2-5-15(14)12-23-9-3-6-18(23)24/h1-2,4-5,7-8,19,22H,3,6,9-13H2. The average molecular weight is 380 g/mol. The molecular weight excluding hydrogens is 358 g/mol. The summed E-state index contributed by atoms with van der Waals surface area (Å²) in [6.07, 6.45) is 1.58. The van der Waals surface area contributed by atoms with Crippen LogP contribution in [-0.4, -0.2) is 23.1 Å². The fourth-order valence-electron chi connectivity index (χ4n) is 3.02. The number of benzene rings is 1. The van der Waals surface area contributed by atoms with Crippen LogP contribution in [0.5, 0.6) is 0 Å². The highest BCUT2D eigenvalue weighted by molar-refractivity contribution is 7.98. The van der Waals surface area contributed by atoms with Crippen molar-refractivity contribution in [1.82, 2.24) is 10.2 Å². The maximum atomic E-state index is 12.2. The van der Waals surface area contributed by atoms with Crippen LogP contribution in [-0.2, 0) is 30.2 Å². The molecule has 1 fully saturated rings. The molecule has 1 saturated heterocycles. The van der Waals surface area contributed by atoms with E-state index in [1.54, 1.807) is 6.07 Å². The van der Waals surface area contributed by atoms with Gasteiger partial charge >= 0.3 is 0 Å². The molecule has 2 heterocycles. The predicted molar refractivity (Wildman–Crippen MR) is 97.6 cm³/mol. The van der Waals surface area contributed by atoms with Crippen LogP contribution in [0.2, 0.25) is 0 Å². The highest BCUT2D eigenvalue weighted by Gasteiger charge is 2.20. The summed E-state index contributed by atoms with van der Waals surface area (Å²) in [7, 11) is 0. The lowest BCUT2D eigenvalue weighted by atomic mass is 10.1. The Morgan fingerprint density at radius 1 is 1.12 bits per heavy atom. The van der Waals surface area contributed by atoms with E-state index in [1.165, 1.54) is 0 Å². The van der Waals surface area contributed by atoms with Gasteiger partial charge in [-0.05, 0) is 29.7 Å². The highest BCUT2D eigenvalue weighted by atomic mass is 32.2. The van der Waals surface area contributed by atoms with Crippen molar-refractivity contribution >= 4 is 17.7 Å². The van der Waals surface area contributed by atoms with E-state index in [2.05, 4.69) is 17.4 Å². The minimum atomic E-state index is -2.39. The van der Waals surface area contributed by atoms with Crippen molar-refractivity contribution in [3.63, 3.8) is 0 Å². The zero-order valence-corrected chi connectivity index (χ0v) is 15.2. The number of hydrogen-bond donors (Lipinski definition) is 1. The number of hydrogen-bond acceptors (Lipinski definition) is 4. The first kappa shape index (κ1) is 18.9. The zero-order valence-electron chi connectivity index (χ0n) is 14.4. The number of carbonyl (C=O) groups excluding carboxylic acids is 1. The second-order valence-corrected chi connectivity index (χ2v) is 7.21. The Bertz CT molecular complexity index is 736. The van der Waals surface area contributed by atoms with Crippen molar-refractivity contribution in [2.75, 3.05) is 6.54 Å². The second-order valence-electron chi connectivity index (χ2n) is 6.23. The maximum Gasteiger partial charge on any atom is 0.284 e. The molecule has 26 heavy (non-hydrogen) atoms. The summed E-state index contributed by atoms with van der Waals surface area (Å²) < 4.78 is 30.0. The van der Waals surface area contributed by atoms with E-state index in [0.29, 0.717) is 43.6 Å². The number of likely N-dealkylation sites (tertiary alicyclic amines) is 1. The number of rotatable bonds is 9. The summed E-state index contributed by atoms with van der Waals surface area (Å²) in [5.74, 6) is -0.718. The fraction of sp³-hybridized carbons (Fsp3) is 0.421. The molecule has 0 saturated carbocycles. The quantitative estimate of drug-likeness (QED) is 0.710. The predicted octanol–water partition coefficient (Wildman–Crippen LogP) is 4.15. The number of thioether (sulfide) groups is 1. The second kappa shape index (κ2) is 9.19. The lowest BCUT2D eigenvalue weighted by Crippen LogP contribution is -2.25. The van der Waals surface area contributed by atoms with Gasteiger partial charge in [0.05, 0.1) is 12.3 Å². The van der Waals surface area contributed by atoms with E-state index >= 15 is 0 Å². The number of furan rings is 1. The number of halogens is 2. The average Bonchev–Trinajstić information content (AvgIpc) is 3.24. The normalized spacial score (nSPS) is 14.6. The molecule has 3 rings (SSSR count). The third-order valence-electron chi connectivity index (χ3n) is 4.33. The first-order valence-corrected chi connectivity index (χ1v) is 9.69. The van der Waals surface area contributed by atoms with Crippen LogP contribution in [0.4, 0.5) is 8.78 Å². The number of alkyl halides is 2. The van der Waals surface area contributed by atoms with Crippen molar-refractivity contribution in [1.29, 1.82) is 0 Å². The van der Waals surface area contributed by atoms with Gasteiger partial charge in [-0.1, -0.05) is 36.0 Å². The highest BCUT2D eigenvalue weighted by Crippen LogP contribution is 2.21. The molecule has 1 N–H and O–H groups in total. The first-order chi connectivity index (χ1) is 12.6. The molecular formula is C19H22F2N2O2S. The third kappa shape index (κ3) is 5.32. The Labute approximate surface area is 155 Å². The molecule has 4 nitrogen and oxygen atoms in total. The molecule has 0 aliphatic carbocycles. The Morgan fingerprint density at radius 3 is 2.62 bits per heavy atom. The summed E-state index contributed by atoms with van der Waals surface area (Å²) in [6, 6.07) is 11.6. The van der Waals surface area contributed by atoms with Gasteiger partial charge in [-0.3, -0.25) is 4.79 Å². The van der Waals surface area contributed by atoms with E-state index in [1.807, 2.05) is 23.1 Å². The van der Waals surface area contributed by atoms with Crippen molar-refractivity contribution < 1.29 is 18.0 Å². The Balaban J connectivity index is 1.51. The molecule has 1 aliphatic heterocycles. The molecule has 0 bridgehead atoms. The van der Waals surface area contributed by atoms with Crippen molar-refractivity contribution in [2.45, 2.75) is 44.0 Å². The maximum absolute atomic E-state index is 12.2. The number of nitrogens with one attached hydrogen (secondary N) is 1. The molecule has 1 aliphatic rings. The Hall–Kier alpha value is -1.86. The molecule has 0 radical (unpaired) electrons. The van der Waals surface area contributed by atoms with E-state index in [-0.39, 0.29) is 11.7 Å². The van der Waals surface area contributed by atoms with Gasteiger partial charge in [0, 0.05) is 26.1 Å². The number of nitrogens with zero attached hydrogens (tertiary/aromatic N) is 1. The van der Waals surface area contributed by atoms with Gasteiger partial charge in [-0.2, -0.15) is 8.78 Å². The van der Waals surface area contributed by atoms with E-state index in [9.17, 15) is 13.6 Å². The van der Waals surface area contributed by atoms with Crippen molar-refractivity contribution in [2.24, 2.45) is 0 Å². The molecule has 140 valence electrons. The van der Waals surface area contributed by atoms with Crippen LogP contribution >= 0.6 is 11.8 Å². The number of carbonyl (C=O) groups is 1. The monoisotopic (exact) mass is 380 g/mol. The molecule has 2 aromatic rings. The van der Waals surface area contributed by atoms with Gasteiger partial charge in [-0.15, -0.1) is 0 Å². The molecule has 1 aromatic heterocycles. The minimum Gasteiger partial charge on any atom is -0.464 e. The summed E-state index contributed by atoms with van der Waals surface area (Å²) in [6.45, 7) is 2.65. The van der Waals surface area contributed by atoms with Gasteiger partial charge in [0.1, 0.15) is 11.5 Å². The summed E-state index contributed by atoms with van der Waals surface area (Å²) in [4.78, 5) is 13.7. The van der Waals surface area contributed by atoms with Crippen LogP contribution in [0.25, 0.3) is 0 Å². The zero-order chi connectivity index (χ0) is 18.4. The summed E-state index contributed by atoms with van der Waals surface area (Å²) >= 11 is 0.556. The Kier molecular flexibility index (Phi) is 6.68. The molecule has 7 heteroatoms. The smallest absolute Gasteiger partial charge is 0.284 e. The van der Waals surface area contributed by atoms with Gasteiger partial charge in [-0.25, -0.2) is 0 Å². The van der Waals surface area contributed by atoms with Crippen molar-refractivity contribution in [3.05, 3.63) is 59.0 Å². The Morgan fingerprint density at radius 2 is 1.88 bits per heavy atom. The molecule has 0 unspecified atom stereocenters. The van der Waals surface area contributed by atoms with Crippen LogP contribution in [0.15, 0.2) is 40.8 Å². The molecule has 1 amide bonds. The minimum absolute atomic E-state index is 0.171. The van der Waals surface area contributed by atoms with Crippen LogP contribution in [0, 0.1) is 0 Å². The third-order valence-corrected chi connectivity index (χ3v) is 5.04. The fourth-order valence-corrected chi connectivity index (χ4v) is 3.47. The molecule has 1 aromatic carbocycles.